The van der Waals surface area contributed by atoms with Crippen molar-refractivity contribution in [1.29, 1.82) is 0 Å². The van der Waals surface area contributed by atoms with E-state index in [1.54, 1.807) is 11.3 Å². The van der Waals surface area contributed by atoms with E-state index in [1.807, 2.05) is 42.6 Å². The van der Waals surface area contributed by atoms with Crippen LogP contribution >= 0.6 is 11.3 Å². The minimum Gasteiger partial charge on any atom is -0.454 e. The number of carbonyl (C=O) groups is 2. The Morgan fingerprint density at radius 1 is 1.25 bits per heavy atom. The van der Waals surface area contributed by atoms with Gasteiger partial charge in [-0.15, -0.1) is 11.3 Å². The van der Waals surface area contributed by atoms with Gasteiger partial charge in [-0.25, -0.2) is 9.80 Å². The van der Waals surface area contributed by atoms with Gasteiger partial charge in [-0.2, -0.15) is 5.10 Å². The lowest BCUT2D eigenvalue weighted by atomic mass is 10.0. The summed E-state index contributed by atoms with van der Waals surface area (Å²) in [5.41, 5.74) is 1.76. The summed E-state index contributed by atoms with van der Waals surface area (Å²) >= 11 is 1.58. The number of ether oxygens (including phenoxy) is 2. The second-order valence-electron chi connectivity index (χ2n) is 6.31. The molecule has 8 nitrogen and oxygen atoms in total. The van der Waals surface area contributed by atoms with E-state index in [0.717, 1.165) is 16.2 Å². The summed E-state index contributed by atoms with van der Waals surface area (Å²) < 4.78 is 10.8. The molecule has 146 valence electrons. The summed E-state index contributed by atoms with van der Waals surface area (Å²) in [7, 11) is 0. The van der Waals surface area contributed by atoms with E-state index in [9.17, 15) is 9.59 Å². The molecule has 0 saturated heterocycles. The minimum absolute atomic E-state index is 0.131. The average Bonchev–Trinajstić information content (AvgIpc) is 3.45. The first-order chi connectivity index (χ1) is 13.7. The van der Waals surface area contributed by atoms with E-state index >= 15 is 0 Å². The van der Waals surface area contributed by atoms with E-state index in [0.29, 0.717) is 24.5 Å². The maximum absolute atomic E-state index is 12.8. The first-order valence-electron chi connectivity index (χ1n) is 9.00. The molecule has 1 unspecified atom stereocenters. The van der Waals surface area contributed by atoms with Gasteiger partial charge in [-0.3, -0.25) is 4.79 Å². The van der Waals surface area contributed by atoms with Gasteiger partial charge in [0.1, 0.15) is 6.54 Å². The number of carbonyl (C=O) groups excluding carboxylic acids is 2. The molecular weight excluding hydrogens is 380 g/mol. The zero-order chi connectivity index (χ0) is 19.5. The molecule has 1 aromatic carbocycles. The number of hydrazone groups is 1. The molecule has 1 atom stereocenters. The summed E-state index contributed by atoms with van der Waals surface area (Å²) in [6.07, 6.45) is 0.590. The first kappa shape index (κ1) is 18.3. The molecule has 4 rings (SSSR count). The van der Waals surface area contributed by atoms with Gasteiger partial charge in [0, 0.05) is 13.0 Å². The molecule has 0 aliphatic carbocycles. The Kier molecular flexibility index (Phi) is 5.16. The molecule has 3 heterocycles. The summed E-state index contributed by atoms with van der Waals surface area (Å²) in [5.74, 6) is 1.08. The normalized spacial score (nSPS) is 17.4. The fraction of sp³-hybridized carbons (Fsp3) is 0.316. The van der Waals surface area contributed by atoms with Crippen molar-refractivity contribution >= 4 is 29.0 Å². The second-order valence-corrected chi connectivity index (χ2v) is 7.26. The molecule has 0 saturated carbocycles. The highest BCUT2D eigenvalue weighted by atomic mass is 32.1. The van der Waals surface area contributed by atoms with Crippen LogP contribution in [0.25, 0.3) is 0 Å². The standard InChI is InChI=1S/C19H20N4O4S/c1-2-20-19(25)21-10-18(24)23-14(9-13(22-23)17-4-3-7-28-17)12-5-6-15-16(8-12)27-11-26-15/h3-8,14H,2,9-11H2,1H3,(H2,20,21,25). The van der Waals surface area contributed by atoms with Crippen LogP contribution in [0, 0.1) is 0 Å². The van der Waals surface area contributed by atoms with Crippen molar-refractivity contribution in [2.45, 2.75) is 19.4 Å². The quantitative estimate of drug-likeness (QED) is 0.807. The Labute approximate surface area is 166 Å². The monoisotopic (exact) mass is 400 g/mol. The largest absolute Gasteiger partial charge is 0.454 e. The van der Waals surface area contributed by atoms with Gasteiger partial charge in [-0.1, -0.05) is 12.1 Å². The Bertz CT molecular complexity index is 913. The van der Waals surface area contributed by atoms with Crippen molar-refractivity contribution in [1.82, 2.24) is 15.6 Å². The van der Waals surface area contributed by atoms with Gasteiger partial charge >= 0.3 is 6.03 Å². The predicted molar refractivity (Wildman–Crippen MR) is 105 cm³/mol. The van der Waals surface area contributed by atoms with Crippen molar-refractivity contribution in [2.75, 3.05) is 19.9 Å². The van der Waals surface area contributed by atoms with Crippen molar-refractivity contribution in [2.24, 2.45) is 5.10 Å². The molecule has 2 N–H and O–H groups in total. The molecule has 0 radical (unpaired) electrons. The van der Waals surface area contributed by atoms with E-state index in [1.165, 1.54) is 5.01 Å². The number of rotatable bonds is 5. The zero-order valence-corrected chi connectivity index (χ0v) is 16.1. The Morgan fingerprint density at radius 2 is 2.11 bits per heavy atom. The molecule has 0 spiro atoms. The fourth-order valence-corrected chi connectivity index (χ4v) is 3.89. The second kappa shape index (κ2) is 7.89. The van der Waals surface area contributed by atoms with Crippen molar-refractivity contribution in [3.8, 4) is 11.5 Å². The molecule has 2 aromatic rings. The van der Waals surface area contributed by atoms with Crippen LogP contribution in [0.4, 0.5) is 4.79 Å². The third-order valence-electron chi connectivity index (χ3n) is 4.49. The third-order valence-corrected chi connectivity index (χ3v) is 5.41. The molecule has 3 amide bonds. The Hall–Kier alpha value is -3.07. The molecule has 2 aliphatic heterocycles. The first-order valence-corrected chi connectivity index (χ1v) is 9.88. The minimum atomic E-state index is -0.378. The Balaban J connectivity index is 1.57. The SMILES string of the molecule is CCNC(=O)NCC(=O)N1N=C(c2cccs2)CC1c1ccc2c(c1)OCO2. The van der Waals surface area contributed by atoms with E-state index in [-0.39, 0.29) is 31.3 Å². The van der Waals surface area contributed by atoms with E-state index in [2.05, 4.69) is 15.7 Å². The summed E-state index contributed by atoms with van der Waals surface area (Å²) in [6, 6.07) is 8.95. The smallest absolute Gasteiger partial charge is 0.315 e. The molecule has 9 heteroatoms. The number of thiophene rings is 1. The van der Waals surface area contributed by atoms with Crippen LogP contribution in [0.3, 0.4) is 0 Å². The van der Waals surface area contributed by atoms with Crippen LogP contribution in [-0.2, 0) is 4.79 Å². The number of nitrogens with one attached hydrogen (secondary N) is 2. The number of benzene rings is 1. The van der Waals surface area contributed by atoms with Crippen LogP contribution < -0.4 is 20.1 Å². The van der Waals surface area contributed by atoms with Crippen molar-refractivity contribution in [3.63, 3.8) is 0 Å². The van der Waals surface area contributed by atoms with E-state index in [4.69, 9.17) is 9.47 Å². The summed E-state index contributed by atoms with van der Waals surface area (Å²) in [4.78, 5) is 25.5. The van der Waals surface area contributed by atoms with Crippen LogP contribution in [0.2, 0.25) is 0 Å². The highest BCUT2D eigenvalue weighted by Crippen LogP contribution is 2.39. The lowest BCUT2D eigenvalue weighted by Crippen LogP contribution is -2.42. The van der Waals surface area contributed by atoms with Crippen LogP contribution in [-0.4, -0.2) is 42.5 Å². The van der Waals surface area contributed by atoms with Gasteiger partial charge < -0.3 is 20.1 Å². The predicted octanol–water partition coefficient (Wildman–Crippen LogP) is 2.47. The van der Waals surface area contributed by atoms with Crippen molar-refractivity contribution in [3.05, 3.63) is 46.2 Å². The van der Waals surface area contributed by atoms with Gasteiger partial charge in [0.2, 0.25) is 6.79 Å². The molecule has 0 bridgehead atoms. The lowest BCUT2D eigenvalue weighted by Gasteiger charge is -2.22. The van der Waals surface area contributed by atoms with Crippen LogP contribution in [0.5, 0.6) is 11.5 Å². The Morgan fingerprint density at radius 3 is 2.89 bits per heavy atom. The maximum atomic E-state index is 12.8. The molecule has 28 heavy (non-hydrogen) atoms. The topological polar surface area (TPSA) is 92.3 Å². The van der Waals surface area contributed by atoms with Gasteiger partial charge in [0.05, 0.1) is 16.6 Å². The number of urea groups is 1. The third kappa shape index (κ3) is 3.65. The number of nitrogens with zero attached hydrogens (tertiary/aromatic N) is 2. The summed E-state index contributed by atoms with van der Waals surface area (Å²) in [6.45, 7) is 2.37. The zero-order valence-electron chi connectivity index (χ0n) is 15.3. The molecule has 0 fully saturated rings. The average molecular weight is 400 g/mol. The molecule has 2 aliphatic rings. The maximum Gasteiger partial charge on any atom is 0.315 e. The molecular formula is C19H20N4O4S. The number of hydrogen-bond acceptors (Lipinski definition) is 6. The highest BCUT2D eigenvalue weighted by Gasteiger charge is 2.34. The van der Waals surface area contributed by atoms with Crippen LogP contribution in [0.15, 0.2) is 40.8 Å². The number of amides is 3. The van der Waals surface area contributed by atoms with Crippen molar-refractivity contribution < 1.29 is 19.1 Å². The lowest BCUT2D eigenvalue weighted by molar-refractivity contribution is -0.131. The van der Waals surface area contributed by atoms with Gasteiger partial charge in [0.15, 0.2) is 11.5 Å². The number of hydrogen-bond donors (Lipinski definition) is 2. The van der Waals surface area contributed by atoms with Crippen LogP contribution in [0.1, 0.15) is 29.8 Å². The highest BCUT2D eigenvalue weighted by molar-refractivity contribution is 7.12. The molecule has 1 aromatic heterocycles. The summed E-state index contributed by atoms with van der Waals surface area (Å²) in [5, 5.41) is 13.2. The van der Waals surface area contributed by atoms with Gasteiger partial charge in [0.25, 0.3) is 5.91 Å². The van der Waals surface area contributed by atoms with E-state index < -0.39 is 0 Å². The van der Waals surface area contributed by atoms with Gasteiger partial charge in [-0.05, 0) is 36.1 Å². The number of fused-ring (bicyclic) bond motifs is 1. The fourth-order valence-electron chi connectivity index (χ4n) is 3.17.